The molecule has 2 heterocycles. The number of fused-ring (bicyclic) bond motifs is 1. The zero-order chi connectivity index (χ0) is 20.4. The van der Waals surface area contributed by atoms with E-state index in [0.29, 0.717) is 37.4 Å². The molecular formula is C21H14Cl2N2O3S. The number of halogens is 2. The predicted octanol–water partition coefficient (Wildman–Crippen LogP) is 5.32. The van der Waals surface area contributed by atoms with Crippen LogP contribution < -0.4 is 5.56 Å². The first kappa shape index (κ1) is 19.8. The molecule has 5 nitrogen and oxygen atoms in total. The molecule has 0 amide bonds. The number of carbonyl (C=O) groups is 1. The molecule has 0 fully saturated rings. The van der Waals surface area contributed by atoms with E-state index in [2.05, 4.69) is 4.98 Å². The highest BCUT2D eigenvalue weighted by Gasteiger charge is 2.16. The molecule has 0 spiro atoms. The van der Waals surface area contributed by atoms with Crippen LogP contribution in [0.1, 0.15) is 16.1 Å². The van der Waals surface area contributed by atoms with Crippen LogP contribution in [0.25, 0.3) is 10.9 Å². The SMILES string of the molecule is O=C(CSc1nc2ccccc2c(=O)n1Cc1ccco1)c1ccc(Cl)c(Cl)c1. The van der Waals surface area contributed by atoms with E-state index in [9.17, 15) is 9.59 Å². The maximum absolute atomic E-state index is 13.0. The molecule has 2 aromatic heterocycles. The number of carbonyl (C=O) groups excluding carboxylic acids is 1. The molecule has 0 radical (unpaired) electrons. The smallest absolute Gasteiger partial charge is 0.262 e. The highest BCUT2D eigenvalue weighted by atomic mass is 35.5. The molecule has 0 aliphatic rings. The number of thioether (sulfide) groups is 1. The molecule has 0 atom stereocenters. The number of rotatable bonds is 6. The average molecular weight is 445 g/mol. The Kier molecular flexibility index (Phi) is 5.76. The van der Waals surface area contributed by atoms with Crippen LogP contribution in [0.15, 0.2) is 75.2 Å². The molecule has 0 bridgehead atoms. The van der Waals surface area contributed by atoms with Crippen molar-refractivity contribution in [2.75, 3.05) is 5.75 Å². The van der Waals surface area contributed by atoms with Gasteiger partial charge in [-0.1, -0.05) is 47.1 Å². The Morgan fingerprint density at radius 3 is 2.66 bits per heavy atom. The third-order valence-corrected chi connectivity index (χ3v) is 6.01. The number of furan rings is 1. The lowest BCUT2D eigenvalue weighted by Gasteiger charge is -2.12. The maximum atomic E-state index is 13.0. The first-order chi connectivity index (χ1) is 14.0. The second kappa shape index (κ2) is 8.45. The minimum absolute atomic E-state index is 0.0981. The van der Waals surface area contributed by atoms with Crippen molar-refractivity contribution in [1.82, 2.24) is 9.55 Å². The van der Waals surface area contributed by atoms with Crippen molar-refractivity contribution in [3.05, 3.63) is 92.6 Å². The highest BCUT2D eigenvalue weighted by Crippen LogP contribution is 2.25. The largest absolute Gasteiger partial charge is 0.467 e. The van der Waals surface area contributed by atoms with Crippen molar-refractivity contribution in [2.24, 2.45) is 0 Å². The Bertz CT molecular complexity index is 1250. The third kappa shape index (κ3) is 4.24. The van der Waals surface area contributed by atoms with Gasteiger partial charge in [0.15, 0.2) is 10.9 Å². The second-order valence-electron chi connectivity index (χ2n) is 6.22. The fourth-order valence-corrected chi connectivity index (χ4v) is 4.03. The summed E-state index contributed by atoms with van der Waals surface area (Å²) in [6.45, 7) is 0.229. The van der Waals surface area contributed by atoms with Crippen molar-refractivity contribution in [3.63, 3.8) is 0 Å². The van der Waals surface area contributed by atoms with Gasteiger partial charge in [-0.3, -0.25) is 14.2 Å². The van der Waals surface area contributed by atoms with Gasteiger partial charge in [0.1, 0.15) is 5.76 Å². The highest BCUT2D eigenvalue weighted by molar-refractivity contribution is 7.99. The fourth-order valence-electron chi connectivity index (χ4n) is 2.84. The molecule has 4 aromatic rings. The summed E-state index contributed by atoms with van der Waals surface area (Å²) in [6.07, 6.45) is 1.55. The van der Waals surface area contributed by atoms with Gasteiger partial charge < -0.3 is 4.42 Å². The minimum atomic E-state index is -0.184. The molecule has 4 rings (SSSR count). The zero-order valence-corrected chi connectivity index (χ0v) is 17.3. The summed E-state index contributed by atoms with van der Waals surface area (Å²) >= 11 is 13.1. The number of para-hydroxylation sites is 1. The summed E-state index contributed by atoms with van der Waals surface area (Å²) in [6, 6.07) is 15.4. The van der Waals surface area contributed by atoms with Crippen LogP contribution in [-0.2, 0) is 6.54 Å². The summed E-state index contributed by atoms with van der Waals surface area (Å²) in [5.41, 5.74) is 0.849. The van der Waals surface area contributed by atoms with E-state index in [4.69, 9.17) is 27.6 Å². The maximum Gasteiger partial charge on any atom is 0.262 e. The van der Waals surface area contributed by atoms with Crippen LogP contribution in [0.4, 0.5) is 0 Å². The molecule has 2 aromatic carbocycles. The molecule has 0 saturated heterocycles. The number of nitrogens with zero attached hydrogens (tertiary/aromatic N) is 2. The Hall–Kier alpha value is -2.54. The molecule has 0 N–H and O–H groups in total. The van der Waals surface area contributed by atoms with Gasteiger partial charge in [-0.25, -0.2) is 4.98 Å². The van der Waals surface area contributed by atoms with E-state index < -0.39 is 0 Å². The average Bonchev–Trinajstić information content (AvgIpc) is 3.24. The lowest BCUT2D eigenvalue weighted by Crippen LogP contribution is -2.24. The summed E-state index contributed by atoms with van der Waals surface area (Å²) in [7, 11) is 0. The van der Waals surface area contributed by atoms with Gasteiger partial charge in [0.25, 0.3) is 5.56 Å². The predicted molar refractivity (Wildman–Crippen MR) is 115 cm³/mol. The van der Waals surface area contributed by atoms with Crippen LogP contribution in [0, 0.1) is 0 Å². The van der Waals surface area contributed by atoms with Crippen LogP contribution >= 0.6 is 35.0 Å². The Morgan fingerprint density at radius 1 is 1.07 bits per heavy atom. The van der Waals surface area contributed by atoms with Gasteiger partial charge in [0, 0.05) is 5.56 Å². The first-order valence-electron chi connectivity index (χ1n) is 8.66. The molecule has 146 valence electrons. The molecule has 8 heteroatoms. The van der Waals surface area contributed by atoms with Gasteiger partial charge in [-0.05, 0) is 42.5 Å². The van der Waals surface area contributed by atoms with Crippen molar-refractivity contribution >= 4 is 51.6 Å². The first-order valence-corrected chi connectivity index (χ1v) is 10.4. The van der Waals surface area contributed by atoms with Gasteiger partial charge in [0.05, 0.1) is 39.5 Å². The standard InChI is InChI=1S/C21H14Cl2N2O3S/c22-16-8-7-13(10-17(16)23)19(26)12-29-21-24-18-6-2-1-5-15(18)20(27)25(21)11-14-4-3-9-28-14/h1-10H,11-12H2. The van der Waals surface area contributed by atoms with Crippen molar-refractivity contribution in [1.29, 1.82) is 0 Å². The van der Waals surface area contributed by atoms with E-state index in [1.807, 2.05) is 6.07 Å². The third-order valence-electron chi connectivity index (χ3n) is 4.29. The topological polar surface area (TPSA) is 65.1 Å². The normalized spacial score (nSPS) is 11.1. The lowest BCUT2D eigenvalue weighted by atomic mass is 10.1. The van der Waals surface area contributed by atoms with Crippen LogP contribution in [0.5, 0.6) is 0 Å². The summed E-state index contributed by atoms with van der Waals surface area (Å²) in [5.74, 6) is 0.586. The van der Waals surface area contributed by atoms with Gasteiger partial charge in [-0.15, -0.1) is 0 Å². The van der Waals surface area contributed by atoms with Crippen molar-refractivity contribution < 1.29 is 9.21 Å². The number of hydrogen-bond acceptors (Lipinski definition) is 5. The summed E-state index contributed by atoms with van der Waals surface area (Å²) < 4.78 is 6.91. The van der Waals surface area contributed by atoms with E-state index in [-0.39, 0.29) is 23.6 Å². The summed E-state index contributed by atoms with van der Waals surface area (Å²) in [4.78, 5) is 30.2. The van der Waals surface area contributed by atoms with Gasteiger partial charge >= 0.3 is 0 Å². The van der Waals surface area contributed by atoms with E-state index in [0.717, 1.165) is 0 Å². The molecule has 0 aliphatic carbocycles. The molecule has 0 saturated carbocycles. The minimum Gasteiger partial charge on any atom is -0.467 e. The Morgan fingerprint density at radius 2 is 1.90 bits per heavy atom. The van der Waals surface area contributed by atoms with E-state index in [1.165, 1.54) is 22.4 Å². The Labute approximate surface area is 180 Å². The second-order valence-corrected chi connectivity index (χ2v) is 7.98. The Balaban J connectivity index is 1.67. The van der Waals surface area contributed by atoms with Gasteiger partial charge in [-0.2, -0.15) is 0 Å². The van der Waals surface area contributed by atoms with Crippen LogP contribution in [-0.4, -0.2) is 21.1 Å². The van der Waals surface area contributed by atoms with E-state index in [1.54, 1.807) is 48.7 Å². The zero-order valence-electron chi connectivity index (χ0n) is 15.0. The van der Waals surface area contributed by atoms with Gasteiger partial charge in [0.2, 0.25) is 0 Å². The number of Topliss-reactive ketones (excluding diaryl/α,β-unsaturated/α-hetero) is 1. The molecule has 29 heavy (non-hydrogen) atoms. The molecule has 0 aliphatic heterocycles. The van der Waals surface area contributed by atoms with Crippen LogP contribution in [0.2, 0.25) is 10.0 Å². The number of benzene rings is 2. The monoisotopic (exact) mass is 444 g/mol. The van der Waals surface area contributed by atoms with Crippen LogP contribution in [0.3, 0.4) is 0 Å². The summed E-state index contributed by atoms with van der Waals surface area (Å²) in [5, 5.41) is 1.66. The number of ketones is 1. The number of hydrogen-bond donors (Lipinski definition) is 0. The molecular weight excluding hydrogens is 431 g/mol. The lowest BCUT2D eigenvalue weighted by molar-refractivity contribution is 0.102. The molecule has 0 unspecified atom stereocenters. The fraction of sp³-hybridized carbons (Fsp3) is 0.0952. The van der Waals surface area contributed by atoms with Crippen molar-refractivity contribution in [2.45, 2.75) is 11.7 Å². The quantitative estimate of drug-likeness (QED) is 0.228. The van der Waals surface area contributed by atoms with E-state index >= 15 is 0 Å². The number of aromatic nitrogens is 2. The van der Waals surface area contributed by atoms with Crippen molar-refractivity contribution in [3.8, 4) is 0 Å².